The zero-order chi connectivity index (χ0) is 19.6. The van der Waals surface area contributed by atoms with Crippen LogP contribution in [0.1, 0.15) is 37.8 Å². The van der Waals surface area contributed by atoms with Crippen molar-refractivity contribution in [2.24, 2.45) is 5.73 Å². The Morgan fingerprint density at radius 3 is 2.81 bits per heavy atom. The first-order valence-electron chi connectivity index (χ1n) is 8.58. The van der Waals surface area contributed by atoms with Crippen LogP contribution in [0, 0.1) is 0 Å². The van der Waals surface area contributed by atoms with Gasteiger partial charge in [0.2, 0.25) is 0 Å². The van der Waals surface area contributed by atoms with Crippen molar-refractivity contribution in [3.8, 4) is 11.3 Å². The van der Waals surface area contributed by atoms with Crippen molar-refractivity contribution in [1.82, 2.24) is 20.1 Å². The van der Waals surface area contributed by atoms with Gasteiger partial charge in [-0.3, -0.25) is 0 Å². The third-order valence-electron chi connectivity index (χ3n) is 4.84. The Kier molecular flexibility index (Phi) is 6.02. The first kappa shape index (κ1) is 20.0. The van der Waals surface area contributed by atoms with Gasteiger partial charge >= 0.3 is 6.55 Å². The van der Waals surface area contributed by atoms with E-state index in [1.54, 1.807) is 6.07 Å². The van der Waals surface area contributed by atoms with Crippen LogP contribution < -0.4 is 11.1 Å². The topological polar surface area (TPSA) is 68.8 Å². The maximum Gasteiger partial charge on any atom is 0.333 e. The van der Waals surface area contributed by atoms with Gasteiger partial charge in [0, 0.05) is 29.5 Å². The summed E-state index contributed by atoms with van der Waals surface area (Å²) in [7, 11) is 0. The number of pyridine rings is 1. The number of nitrogens with one attached hydrogen (secondary N) is 1. The molecule has 1 fully saturated rings. The molecule has 148 valence electrons. The molecule has 0 spiro atoms. The average Bonchev–Trinajstić information content (AvgIpc) is 3.10. The predicted octanol–water partition coefficient (Wildman–Crippen LogP) is 3.94. The molecule has 2 atom stereocenters. The minimum Gasteiger partial charge on any atom is -0.321 e. The van der Waals surface area contributed by atoms with Crippen LogP contribution in [0.2, 0.25) is 5.15 Å². The normalized spacial score (nSPS) is 23.3. The lowest BCUT2D eigenvalue weighted by molar-refractivity contribution is 0.0568. The summed E-state index contributed by atoms with van der Waals surface area (Å²) in [6.07, 6.45) is 2.70. The molecule has 10 heteroatoms. The molecule has 2 unspecified atom stereocenters. The molecule has 2 heterocycles. The van der Waals surface area contributed by atoms with Crippen LogP contribution in [0.3, 0.4) is 0 Å². The lowest BCUT2D eigenvalue weighted by Gasteiger charge is -2.39. The number of hydrogen-bond acceptors (Lipinski definition) is 4. The molecule has 0 amide bonds. The van der Waals surface area contributed by atoms with E-state index in [-0.39, 0.29) is 11.2 Å². The summed E-state index contributed by atoms with van der Waals surface area (Å²) in [4.78, 5) is 4.03. The van der Waals surface area contributed by atoms with Crippen molar-refractivity contribution in [3.63, 3.8) is 0 Å². The number of nitrogens with two attached hydrogens (primary N) is 1. The molecule has 1 aliphatic carbocycles. The Labute approximate surface area is 158 Å². The number of aromatic nitrogens is 3. The van der Waals surface area contributed by atoms with E-state index in [4.69, 9.17) is 17.3 Å². The van der Waals surface area contributed by atoms with Crippen molar-refractivity contribution >= 4 is 11.6 Å². The van der Waals surface area contributed by atoms with E-state index >= 15 is 0 Å². The molecule has 1 saturated carbocycles. The minimum absolute atomic E-state index is 0.170. The molecule has 27 heavy (non-hydrogen) atoms. The highest BCUT2D eigenvalue weighted by atomic mass is 35.5. The molecular formula is C17H20ClF4N5. The Balaban J connectivity index is 1.93. The van der Waals surface area contributed by atoms with Crippen LogP contribution in [0.15, 0.2) is 24.5 Å². The average molecular weight is 406 g/mol. The summed E-state index contributed by atoms with van der Waals surface area (Å²) in [5.74, 6) is 0. The zero-order valence-electron chi connectivity index (χ0n) is 14.4. The second kappa shape index (κ2) is 8.12. The van der Waals surface area contributed by atoms with E-state index in [0.717, 1.165) is 12.8 Å². The first-order valence-corrected chi connectivity index (χ1v) is 8.96. The predicted molar refractivity (Wildman–Crippen MR) is 93.8 cm³/mol. The fourth-order valence-corrected chi connectivity index (χ4v) is 3.78. The number of halogens is 5. The van der Waals surface area contributed by atoms with Gasteiger partial charge < -0.3 is 11.1 Å². The van der Waals surface area contributed by atoms with E-state index in [9.17, 15) is 17.6 Å². The second-order valence-electron chi connectivity index (χ2n) is 6.76. The van der Waals surface area contributed by atoms with Crippen molar-refractivity contribution < 1.29 is 17.6 Å². The Morgan fingerprint density at radius 1 is 1.37 bits per heavy atom. The smallest absolute Gasteiger partial charge is 0.321 e. The fraction of sp³-hybridized carbons (Fsp3) is 0.529. The molecule has 0 saturated heterocycles. The Bertz CT molecular complexity index is 784. The summed E-state index contributed by atoms with van der Waals surface area (Å²) in [5, 5.41) is 6.95. The number of alkyl halides is 4. The Morgan fingerprint density at radius 2 is 2.15 bits per heavy atom. The van der Waals surface area contributed by atoms with E-state index in [1.165, 1.54) is 18.5 Å². The number of nitrogens with zero attached hydrogens (tertiary/aromatic N) is 3. The SMILES string of the molecule is NC1(c2cc(Cl)ncc2-c2ccn(C(F)F)n2)CCCC(NCC(F)F)C1. The molecule has 2 aromatic heterocycles. The number of rotatable bonds is 6. The molecular weight excluding hydrogens is 386 g/mol. The van der Waals surface area contributed by atoms with Gasteiger partial charge in [0.25, 0.3) is 6.43 Å². The third kappa shape index (κ3) is 4.59. The third-order valence-corrected chi connectivity index (χ3v) is 5.04. The number of hydrogen-bond donors (Lipinski definition) is 2. The summed E-state index contributed by atoms with van der Waals surface area (Å²) in [6, 6.07) is 2.89. The summed E-state index contributed by atoms with van der Waals surface area (Å²) in [6.45, 7) is -3.16. The quantitative estimate of drug-likeness (QED) is 0.564. The van der Waals surface area contributed by atoms with Crippen molar-refractivity contribution in [2.45, 2.75) is 50.2 Å². The molecule has 0 radical (unpaired) electrons. The molecule has 1 aliphatic rings. The maximum atomic E-state index is 12.9. The van der Waals surface area contributed by atoms with Crippen LogP contribution in [-0.4, -0.2) is 33.8 Å². The van der Waals surface area contributed by atoms with E-state index in [0.29, 0.717) is 34.3 Å². The van der Waals surface area contributed by atoms with E-state index < -0.39 is 25.1 Å². The summed E-state index contributed by atoms with van der Waals surface area (Å²) >= 11 is 6.05. The summed E-state index contributed by atoms with van der Waals surface area (Å²) in [5.41, 5.74) is 7.25. The Hall–Kier alpha value is -1.71. The molecule has 0 bridgehead atoms. The van der Waals surface area contributed by atoms with Crippen LogP contribution in [-0.2, 0) is 5.54 Å². The highest BCUT2D eigenvalue weighted by Crippen LogP contribution is 2.40. The van der Waals surface area contributed by atoms with Crippen LogP contribution in [0.5, 0.6) is 0 Å². The van der Waals surface area contributed by atoms with Crippen molar-refractivity contribution in [1.29, 1.82) is 0 Å². The zero-order valence-corrected chi connectivity index (χ0v) is 15.1. The largest absolute Gasteiger partial charge is 0.333 e. The van der Waals surface area contributed by atoms with Gasteiger partial charge in [0.1, 0.15) is 5.15 Å². The van der Waals surface area contributed by atoms with Gasteiger partial charge in [-0.25, -0.2) is 18.4 Å². The van der Waals surface area contributed by atoms with E-state index in [2.05, 4.69) is 15.4 Å². The molecule has 3 N–H and O–H groups in total. The van der Waals surface area contributed by atoms with Crippen LogP contribution >= 0.6 is 11.6 Å². The lowest BCUT2D eigenvalue weighted by Crippen LogP contribution is -2.48. The maximum absolute atomic E-state index is 12.9. The standard InChI is InChI=1S/C17H20ClF4N5/c18-14-6-12(11(8-25-14)13-3-5-27(26-13)16(21)22)17(23)4-1-2-10(7-17)24-9-15(19)20/h3,5-6,8,10,15-16,24H,1-2,4,7,9,23H2. The van der Waals surface area contributed by atoms with Crippen LogP contribution in [0.4, 0.5) is 17.6 Å². The van der Waals surface area contributed by atoms with Gasteiger partial charge in [-0.2, -0.15) is 13.9 Å². The van der Waals surface area contributed by atoms with Crippen molar-refractivity contribution in [2.75, 3.05) is 6.54 Å². The lowest BCUT2D eigenvalue weighted by atomic mass is 9.74. The first-order chi connectivity index (χ1) is 12.8. The van der Waals surface area contributed by atoms with E-state index in [1.807, 2.05) is 0 Å². The fourth-order valence-electron chi connectivity index (χ4n) is 3.62. The second-order valence-corrected chi connectivity index (χ2v) is 7.15. The highest BCUT2D eigenvalue weighted by Gasteiger charge is 2.37. The van der Waals surface area contributed by atoms with Gasteiger partial charge in [-0.1, -0.05) is 11.6 Å². The molecule has 0 aliphatic heterocycles. The molecule has 5 nitrogen and oxygen atoms in total. The van der Waals surface area contributed by atoms with Gasteiger partial charge in [-0.15, -0.1) is 0 Å². The van der Waals surface area contributed by atoms with Crippen molar-refractivity contribution in [3.05, 3.63) is 35.2 Å². The monoisotopic (exact) mass is 405 g/mol. The molecule has 3 rings (SSSR count). The minimum atomic E-state index is -2.76. The molecule has 0 aromatic carbocycles. The van der Waals surface area contributed by atoms with Gasteiger partial charge in [0.05, 0.1) is 12.2 Å². The van der Waals surface area contributed by atoms with Crippen LogP contribution in [0.25, 0.3) is 11.3 Å². The molecule has 2 aromatic rings. The van der Waals surface area contributed by atoms with Gasteiger partial charge in [0.15, 0.2) is 0 Å². The summed E-state index contributed by atoms with van der Waals surface area (Å²) < 4.78 is 51.3. The highest BCUT2D eigenvalue weighted by molar-refractivity contribution is 6.29. The van der Waals surface area contributed by atoms with Gasteiger partial charge in [-0.05, 0) is 43.4 Å².